The van der Waals surface area contributed by atoms with Crippen LogP contribution in [-0.2, 0) is 10.2 Å². The molecule has 2 aromatic rings. The zero-order chi connectivity index (χ0) is 15.5. The maximum Gasteiger partial charge on any atom is 0.296 e. The molecule has 110 valence electrons. The molecule has 4 N–H and O–H groups in total. The Morgan fingerprint density at radius 3 is 2.57 bits per heavy atom. The van der Waals surface area contributed by atoms with Crippen LogP contribution in [0.25, 0.3) is 0 Å². The SMILES string of the molecule is NS(=O)(=O)Nc1cccc(NC(=O)c2ccnc(Cl)c2)c1. The first-order chi connectivity index (χ1) is 9.83. The van der Waals surface area contributed by atoms with E-state index in [0.29, 0.717) is 11.3 Å². The van der Waals surface area contributed by atoms with E-state index in [0.717, 1.165) is 0 Å². The molecule has 0 aliphatic carbocycles. The number of nitrogens with zero attached hydrogens (tertiary/aromatic N) is 1. The van der Waals surface area contributed by atoms with Crippen molar-refractivity contribution in [3.8, 4) is 0 Å². The molecule has 0 saturated carbocycles. The molecule has 2 rings (SSSR count). The van der Waals surface area contributed by atoms with Gasteiger partial charge in [-0.3, -0.25) is 9.52 Å². The Labute approximate surface area is 126 Å². The van der Waals surface area contributed by atoms with Crippen molar-refractivity contribution in [2.24, 2.45) is 5.14 Å². The van der Waals surface area contributed by atoms with Gasteiger partial charge in [-0.05, 0) is 30.3 Å². The number of rotatable bonds is 4. The topological polar surface area (TPSA) is 114 Å². The maximum atomic E-state index is 12.0. The summed E-state index contributed by atoms with van der Waals surface area (Å²) in [6.07, 6.45) is 1.41. The Kier molecular flexibility index (Phi) is 4.41. The average Bonchev–Trinajstić information content (AvgIpc) is 2.37. The number of benzene rings is 1. The Bertz CT molecular complexity index is 780. The number of anilines is 2. The number of halogens is 1. The minimum Gasteiger partial charge on any atom is -0.322 e. The molecule has 21 heavy (non-hydrogen) atoms. The van der Waals surface area contributed by atoms with Crippen LogP contribution in [0, 0.1) is 0 Å². The minimum absolute atomic E-state index is 0.201. The van der Waals surface area contributed by atoms with E-state index >= 15 is 0 Å². The van der Waals surface area contributed by atoms with E-state index in [4.69, 9.17) is 16.7 Å². The quantitative estimate of drug-likeness (QED) is 0.740. The number of amides is 1. The first-order valence-electron chi connectivity index (χ1n) is 5.67. The van der Waals surface area contributed by atoms with Crippen LogP contribution >= 0.6 is 11.6 Å². The normalized spacial score (nSPS) is 11.0. The number of aromatic nitrogens is 1. The first-order valence-corrected chi connectivity index (χ1v) is 7.59. The van der Waals surface area contributed by atoms with Gasteiger partial charge in [0, 0.05) is 17.4 Å². The van der Waals surface area contributed by atoms with Crippen LogP contribution in [0.3, 0.4) is 0 Å². The van der Waals surface area contributed by atoms with E-state index in [2.05, 4.69) is 15.0 Å². The first kappa shape index (κ1) is 15.2. The van der Waals surface area contributed by atoms with Crippen molar-refractivity contribution in [1.29, 1.82) is 0 Å². The fraction of sp³-hybridized carbons (Fsp3) is 0. The van der Waals surface area contributed by atoms with Crippen LogP contribution in [0.4, 0.5) is 11.4 Å². The van der Waals surface area contributed by atoms with Crippen molar-refractivity contribution in [2.75, 3.05) is 10.0 Å². The lowest BCUT2D eigenvalue weighted by atomic mass is 10.2. The number of pyridine rings is 1. The zero-order valence-corrected chi connectivity index (χ0v) is 12.1. The Hall–Kier alpha value is -2.16. The van der Waals surface area contributed by atoms with Crippen LogP contribution in [0.1, 0.15) is 10.4 Å². The molecule has 0 saturated heterocycles. The van der Waals surface area contributed by atoms with Crippen LogP contribution in [0.2, 0.25) is 5.15 Å². The monoisotopic (exact) mass is 326 g/mol. The summed E-state index contributed by atoms with van der Waals surface area (Å²) in [6.45, 7) is 0. The lowest BCUT2D eigenvalue weighted by molar-refractivity contribution is 0.102. The highest BCUT2D eigenvalue weighted by atomic mass is 35.5. The van der Waals surface area contributed by atoms with Crippen molar-refractivity contribution in [3.63, 3.8) is 0 Å². The van der Waals surface area contributed by atoms with E-state index in [-0.39, 0.29) is 10.8 Å². The molecule has 0 bridgehead atoms. The number of hydrogen-bond donors (Lipinski definition) is 3. The summed E-state index contributed by atoms with van der Waals surface area (Å²) in [5.41, 5.74) is 0.976. The van der Waals surface area contributed by atoms with Crippen molar-refractivity contribution >= 4 is 39.1 Å². The Morgan fingerprint density at radius 2 is 1.90 bits per heavy atom. The highest BCUT2D eigenvalue weighted by Gasteiger charge is 2.08. The maximum absolute atomic E-state index is 12.0. The third kappa shape index (κ3) is 4.71. The summed E-state index contributed by atoms with van der Waals surface area (Å²) in [5, 5.41) is 7.69. The molecule has 1 heterocycles. The van der Waals surface area contributed by atoms with Gasteiger partial charge in [-0.1, -0.05) is 17.7 Å². The largest absolute Gasteiger partial charge is 0.322 e. The summed E-state index contributed by atoms with van der Waals surface area (Å²) in [5.74, 6) is -0.396. The predicted molar refractivity (Wildman–Crippen MR) is 80.4 cm³/mol. The van der Waals surface area contributed by atoms with Gasteiger partial charge in [0.15, 0.2) is 0 Å². The fourth-order valence-electron chi connectivity index (χ4n) is 1.57. The van der Waals surface area contributed by atoms with Gasteiger partial charge >= 0.3 is 0 Å². The molecule has 0 spiro atoms. The molecule has 1 amide bonds. The molecule has 0 fully saturated rings. The van der Waals surface area contributed by atoms with E-state index in [9.17, 15) is 13.2 Å². The third-order valence-electron chi connectivity index (χ3n) is 2.37. The lowest BCUT2D eigenvalue weighted by Crippen LogP contribution is -2.21. The molecule has 0 aliphatic rings. The van der Waals surface area contributed by atoms with Crippen LogP contribution < -0.4 is 15.2 Å². The summed E-state index contributed by atoms with van der Waals surface area (Å²) in [6, 6.07) is 9.04. The second kappa shape index (κ2) is 6.08. The number of hydrogen-bond acceptors (Lipinski definition) is 4. The van der Waals surface area contributed by atoms with E-state index < -0.39 is 16.1 Å². The second-order valence-electron chi connectivity index (χ2n) is 4.05. The van der Waals surface area contributed by atoms with Crippen LogP contribution in [0.15, 0.2) is 42.6 Å². The smallest absolute Gasteiger partial charge is 0.296 e. The number of nitrogens with one attached hydrogen (secondary N) is 2. The molecule has 1 aromatic heterocycles. The van der Waals surface area contributed by atoms with Crippen molar-refractivity contribution in [2.45, 2.75) is 0 Å². The van der Waals surface area contributed by atoms with Gasteiger partial charge in [-0.15, -0.1) is 0 Å². The average molecular weight is 327 g/mol. The second-order valence-corrected chi connectivity index (χ2v) is 5.73. The van der Waals surface area contributed by atoms with Crippen molar-refractivity contribution in [3.05, 3.63) is 53.3 Å². The number of carbonyl (C=O) groups is 1. The Morgan fingerprint density at radius 1 is 1.19 bits per heavy atom. The molecule has 9 heteroatoms. The summed E-state index contributed by atoms with van der Waals surface area (Å²) in [7, 11) is -3.87. The molecular weight excluding hydrogens is 316 g/mol. The van der Waals surface area contributed by atoms with E-state index in [1.165, 1.54) is 30.5 Å². The van der Waals surface area contributed by atoms with Crippen LogP contribution in [-0.4, -0.2) is 19.3 Å². The highest BCUT2D eigenvalue weighted by molar-refractivity contribution is 7.90. The van der Waals surface area contributed by atoms with Gasteiger partial charge in [0.2, 0.25) is 0 Å². The molecule has 1 aromatic carbocycles. The summed E-state index contributed by atoms with van der Waals surface area (Å²) in [4.78, 5) is 15.8. The van der Waals surface area contributed by atoms with Gasteiger partial charge in [0.05, 0.1) is 5.69 Å². The molecular formula is C12H11ClN4O3S. The van der Waals surface area contributed by atoms with Gasteiger partial charge in [-0.2, -0.15) is 8.42 Å². The predicted octanol–water partition coefficient (Wildman–Crippen LogP) is 1.60. The molecule has 0 atom stereocenters. The van der Waals surface area contributed by atoms with Gasteiger partial charge in [0.25, 0.3) is 16.1 Å². The van der Waals surface area contributed by atoms with Gasteiger partial charge < -0.3 is 5.32 Å². The van der Waals surface area contributed by atoms with E-state index in [1.54, 1.807) is 12.1 Å². The van der Waals surface area contributed by atoms with Crippen molar-refractivity contribution in [1.82, 2.24) is 4.98 Å². The zero-order valence-electron chi connectivity index (χ0n) is 10.6. The lowest BCUT2D eigenvalue weighted by Gasteiger charge is -2.08. The standard InChI is InChI=1S/C12H11ClN4O3S/c13-11-6-8(4-5-15-11)12(18)16-9-2-1-3-10(7-9)17-21(14,19)20/h1-7,17H,(H,16,18)(H2,14,19,20). The van der Waals surface area contributed by atoms with Gasteiger partial charge in [0.1, 0.15) is 5.15 Å². The Balaban J connectivity index is 2.16. The molecule has 7 nitrogen and oxygen atoms in total. The summed E-state index contributed by atoms with van der Waals surface area (Å²) >= 11 is 5.71. The van der Waals surface area contributed by atoms with Crippen LogP contribution in [0.5, 0.6) is 0 Å². The highest BCUT2D eigenvalue weighted by Crippen LogP contribution is 2.17. The molecule has 0 radical (unpaired) electrons. The number of carbonyl (C=O) groups excluding carboxylic acids is 1. The third-order valence-corrected chi connectivity index (χ3v) is 3.10. The van der Waals surface area contributed by atoms with Gasteiger partial charge in [-0.25, -0.2) is 10.1 Å². The van der Waals surface area contributed by atoms with E-state index in [1.807, 2.05) is 0 Å². The number of nitrogens with two attached hydrogens (primary N) is 1. The van der Waals surface area contributed by atoms with Crippen molar-refractivity contribution < 1.29 is 13.2 Å². The molecule has 0 unspecified atom stereocenters. The molecule has 0 aliphatic heterocycles. The fourth-order valence-corrected chi connectivity index (χ4v) is 2.20. The minimum atomic E-state index is -3.87. The summed E-state index contributed by atoms with van der Waals surface area (Å²) < 4.78 is 24.0.